The maximum Gasteiger partial charge on any atom is -0.000719 e. The number of rotatable bonds is 3. The van der Waals surface area contributed by atoms with Gasteiger partial charge >= 0.3 is 0 Å². The molecule has 0 atom stereocenters. The van der Waals surface area contributed by atoms with E-state index in [2.05, 4.69) is 170 Å². The summed E-state index contributed by atoms with van der Waals surface area (Å²) in [5.74, 6) is 0. The van der Waals surface area contributed by atoms with Gasteiger partial charge in [0, 0.05) is 0 Å². The van der Waals surface area contributed by atoms with E-state index in [4.69, 9.17) is 0 Å². The first-order valence-corrected chi connectivity index (χ1v) is 16.0. The number of benzene rings is 9. The molecule has 212 valence electrons. The lowest BCUT2D eigenvalue weighted by atomic mass is 9.81. The Labute approximate surface area is 267 Å². The monoisotopic (exact) mass is 580 g/mol. The van der Waals surface area contributed by atoms with E-state index in [-0.39, 0.29) is 0 Å². The highest BCUT2D eigenvalue weighted by Gasteiger charge is 2.31. The van der Waals surface area contributed by atoms with Crippen LogP contribution in [0.2, 0.25) is 0 Å². The molecule has 0 N–H and O–H groups in total. The van der Waals surface area contributed by atoms with Crippen LogP contribution in [0.1, 0.15) is 0 Å². The second-order valence-electron chi connectivity index (χ2n) is 12.4. The SMILES string of the molecule is c1ccc(-c2ccc3c(-c4ccccc4)c4c(c(-c5ccccc5)c3c2)-c2cccc3c2c-4cc2c4ccccc4ccc32)cc1. The summed E-state index contributed by atoms with van der Waals surface area (Å²) in [6, 6.07) is 62.7. The highest BCUT2D eigenvalue weighted by Crippen LogP contribution is 2.59. The Bertz CT molecular complexity index is 2650. The lowest BCUT2D eigenvalue weighted by molar-refractivity contribution is 1.61. The Hall–Kier alpha value is -5.98. The van der Waals surface area contributed by atoms with Crippen LogP contribution < -0.4 is 0 Å². The summed E-state index contributed by atoms with van der Waals surface area (Å²) in [6.07, 6.45) is 0. The predicted molar refractivity (Wildman–Crippen MR) is 197 cm³/mol. The van der Waals surface area contributed by atoms with E-state index in [0.29, 0.717) is 0 Å². The molecule has 0 heteroatoms. The minimum atomic E-state index is 1.23. The molecule has 0 fully saturated rings. The van der Waals surface area contributed by atoms with Gasteiger partial charge in [0.1, 0.15) is 0 Å². The second kappa shape index (κ2) is 9.76. The zero-order valence-electron chi connectivity index (χ0n) is 25.2. The third-order valence-corrected chi connectivity index (χ3v) is 9.96. The van der Waals surface area contributed by atoms with Crippen molar-refractivity contribution in [3.8, 4) is 55.6 Å². The molecule has 0 amide bonds. The van der Waals surface area contributed by atoms with Crippen LogP contribution >= 0.6 is 0 Å². The first-order chi connectivity index (χ1) is 22.8. The standard InChI is InChI=1S/C46H28/c1-4-13-29(14-5-1)33-24-26-37-40(27-33)43(32-18-8-3-9-19-32)45-38-22-12-21-36-35-25-23-30-15-10-11-20-34(30)39(35)28-41(44(36)38)46(45)42(37)31-16-6-2-7-17-31/h1-28H. The van der Waals surface area contributed by atoms with E-state index in [1.165, 1.54) is 98.7 Å². The molecule has 0 nitrogen and oxygen atoms in total. The molecule has 9 aromatic rings. The van der Waals surface area contributed by atoms with E-state index >= 15 is 0 Å². The Morgan fingerprint density at radius 1 is 0.239 bits per heavy atom. The summed E-state index contributed by atoms with van der Waals surface area (Å²) < 4.78 is 0. The van der Waals surface area contributed by atoms with Gasteiger partial charge in [-0.2, -0.15) is 0 Å². The predicted octanol–water partition coefficient (Wildman–Crippen LogP) is 12.9. The molecule has 0 aliphatic heterocycles. The lowest BCUT2D eigenvalue weighted by Gasteiger charge is -2.21. The van der Waals surface area contributed by atoms with Gasteiger partial charge in [0.25, 0.3) is 0 Å². The quantitative estimate of drug-likeness (QED) is 0.182. The van der Waals surface area contributed by atoms with Crippen molar-refractivity contribution in [2.45, 2.75) is 0 Å². The molecule has 10 rings (SSSR count). The van der Waals surface area contributed by atoms with E-state index in [1.54, 1.807) is 0 Å². The molecule has 0 spiro atoms. The second-order valence-corrected chi connectivity index (χ2v) is 12.4. The number of fused-ring (bicyclic) bond motifs is 8. The van der Waals surface area contributed by atoms with Gasteiger partial charge in [0.15, 0.2) is 0 Å². The first kappa shape index (κ1) is 25.4. The summed E-state index contributed by atoms with van der Waals surface area (Å²) >= 11 is 0. The maximum absolute atomic E-state index is 2.49. The van der Waals surface area contributed by atoms with Crippen LogP contribution in [0.5, 0.6) is 0 Å². The average Bonchev–Trinajstić information content (AvgIpc) is 3.45. The molecule has 0 saturated carbocycles. The zero-order chi connectivity index (χ0) is 30.2. The Morgan fingerprint density at radius 3 is 1.57 bits per heavy atom. The highest BCUT2D eigenvalue weighted by molar-refractivity contribution is 6.32. The zero-order valence-corrected chi connectivity index (χ0v) is 25.2. The van der Waals surface area contributed by atoms with Crippen molar-refractivity contribution in [2.75, 3.05) is 0 Å². The number of hydrogen-bond donors (Lipinski definition) is 0. The molecule has 0 saturated heterocycles. The van der Waals surface area contributed by atoms with Gasteiger partial charge in [-0.15, -0.1) is 0 Å². The van der Waals surface area contributed by atoms with E-state index in [0.717, 1.165) is 0 Å². The van der Waals surface area contributed by atoms with Crippen LogP contribution in [0, 0.1) is 0 Å². The van der Waals surface area contributed by atoms with Crippen molar-refractivity contribution in [3.63, 3.8) is 0 Å². The molecule has 0 aromatic heterocycles. The summed E-state index contributed by atoms with van der Waals surface area (Å²) in [5.41, 5.74) is 12.9. The summed E-state index contributed by atoms with van der Waals surface area (Å²) in [7, 11) is 0. The van der Waals surface area contributed by atoms with E-state index in [9.17, 15) is 0 Å². The summed E-state index contributed by atoms with van der Waals surface area (Å²) in [4.78, 5) is 0. The molecule has 0 bridgehead atoms. The van der Waals surface area contributed by atoms with Crippen LogP contribution in [0.4, 0.5) is 0 Å². The lowest BCUT2D eigenvalue weighted by Crippen LogP contribution is -1.94. The molecule has 0 unspecified atom stereocenters. The third kappa shape index (κ3) is 3.56. The third-order valence-electron chi connectivity index (χ3n) is 9.96. The van der Waals surface area contributed by atoms with Gasteiger partial charge < -0.3 is 0 Å². The molecule has 0 heterocycles. The molecular weight excluding hydrogens is 553 g/mol. The Kier molecular flexibility index (Phi) is 5.38. The van der Waals surface area contributed by atoms with Gasteiger partial charge in [-0.25, -0.2) is 0 Å². The summed E-state index contributed by atoms with van der Waals surface area (Å²) in [6.45, 7) is 0. The maximum atomic E-state index is 2.49. The first-order valence-electron chi connectivity index (χ1n) is 16.0. The molecule has 0 radical (unpaired) electrons. The van der Waals surface area contributed by atoms with E-state index in [1.807, 2.05) is 0 Å². The van der Waals surface area contributed by atoms with Gasteiger partial charge in [-0.1, -0.05) is 158 Å². The van der Waals surface area contributed by atoms with Gasteiger partial charge in [0.05, 0.1) is 0 Å². The fraction of sp³-hybridized carbons (Fsp3) is 0. The number of hydrogen-bond acceptors (Lipinski definition) is 0. The smallest absolute Gasteiger partial charge is 0.000719 e. The molecule has 9 aromatic carbocycles. The largest absolute Gasteiger partial charge is 0.0622 e. The van der Waals surface area contributed by atoms with Crippen molar-refractivity contribution < 1.29 is 0 Å². The van der Waals surface area contributed by atoms with Crippen molar-refractivity contribution in [2.24, 2.45) is 0 Å². The molecule has 1 aliphatic carbocycles. The topological polar surface area (TPSA) is 0 Å². The minimum Gasteiger partial charge on any atom is -0.0622 e. The van der Waals surface area contributed by atoms with Crippen LogP contribution in [0.25, 0.3) is 98.7 Å². The Balaban J connectivity index is 1.45. The van der Waals surface area contributed by atoms with Crippen molar-refractivity contribution in [1.29, 1.82) is 0 Å². The van der Waals surface area contributed by atoms with Gasteiger partial charge in [-0.3, -0.25) is 0 Å². The highest BCUT2D eigenvalue weighted by atomic mass is 14.3. The molecule has 1 aliphatic rings. The molecular formula is C46H28. The fourth-order valence-corrected chi connectivity index (χ4v) is 8.02. The van der Waals surface area contributed by atoms with Crippen LogP contribution in [-0.2, 0) is 0 Å². The minimum absolute atomic E-state index is 1.23. The average molecular weight is 581 g/mol. The van der Waals surface area contributed by atoms with Crippen molar-refractivity contribution in [1.82, 2.24) is 0 Å². The normalized spacial score (nSPS) is 11.9. The van der Waals surface area contributed by atoms with Gasteiger partial charge in [0.2, 0.25) is 0 Å². The van der Waals surface area contributed by atoms with Crippen molar-refractivity contribution >= 4 is 43.1 Å². The fourth-order valence-electron chi connectivity index (χ4n) is 8.02. The van der Waals surface area contributed by atoms with E-state index < -0.39 is 0 Å². The van der Waals surface area contributed by atoms with Crippen LogP contribution in [-0.4, -0.2) is 0 Å². The van der Waals surface area contributed by atoms with Crippen molar-refractivity contribution in [3.05, 3.63) is 170 Å². The molecule has 46 heavy (non-hydrogen) atoms. The van der Waals surface area contributed by atoms with Crippen LogP contribution in [0.3, 0.4) is 0 Å². The van der Waals surface area contributed by atoms with Crippen LogP contribution in [0.15, 0.2) is 170 Å². The van der Waals surface area contributed by atoms with Gasteiger partial charge in [-0.05, 0) is 111 Å². The Morgan fingerprint density at radius 2 is 0.826 bits per heavy atom. The summed E-state index contributed by atoms with van der Waals surface area (Å²) in [5, 5.41) is 10.4.